The molecule has 0 fully saturated rings. The van der Waals surface area contributed by atoms with Gasteiger partial charge in [0.2, 0.25) is 5.76 Å². The van der Waals surface area contributed by atoms with E-state index in [-0.39, 0.29) is 5.76 Å². The van der Waals surface area contributed by atoms with Crippen LogP contribution in [0.15, 0.2) is 44.7 Å². The largest absolute Gasteiger partial charge is 0.475 e. The summed E-state index contributed by atoms with van der Waals surface area (Å²) in [5.41, 5.74) is 0.417. The number of benzene rings is 1. The molecule has 1 aromatic heterocycles. The first kappa shape index (κ1) is 12.6. The lowest BCUT2D eigenvalue weighted by Gasteiger charge is -2.01. The van der Waals surface area contributed by atoms with Crippen LogP contribution in [0, 0.1) is 11.3 Å². The Kier molecular flexibility index (Phi) is 3.60. The molecule has 0 bridgehead atoms. The monoisotopic (exact) mass is 279 g/mol. The maximum Gasteiger partial charge on any atom is 0.371 e. The van der Waals surface area contributed by atoms with Crippen LogP contribution in [0.5, 0.6) is 0 Å². The number of aromatic carboxylic acids is 1. The second-order valence-electron chi connectivity index (χ2n) is 3.28. The highest BCUT2D eigenvalue weighted by Crippen LogP contribution is 2.32. The highest BCUT2D eigenvalue weighted by atomic mass is 35.5. The van der Waals surface area contributed by atoms with Crippen molar-refractivity contribution in [1.82, 2.24) is 0 Å². The van der Waals surface area contributed by atoms with Gasteiger partial charge >= 0.3 is 5.97 Å². The Morgan fingerprint density at radius 1 is 1.39 bits per heavy atom. The van der Waals surface area contributed by atoms with Gasteiger partial charge in [0.05, 0.1) is 5.56 Å². The number of hydrogen-bond acceptors (Lipinski definition) is 4. The zero-order valence-electron chi connectivity index (χ0n) is 8.88. The minimum atomic E-state index is -1.13. The Morgan fingerprint density at radius 3 is 2.78 bits per heavy atom. The third-order valence-electron chi connectivity index (χ3n) is 2.06. The molecule has 0 unspecified atom stereocenters. The molecular weight excluding hydrogens is 274 g/mol. The molecule has 2 rings (SSSR count). The molecule has 0 aliphatic carbocycles. The van der Waals surface area contributed by atoms with E-state index in [0.717, 1.165) is 0 Å². The van der Waals surface area contributed by atoms with Crippen LogP contribution in [0.4, 0.5) is 0 Å². The highest BCUT2D eigenvalue weighted by molar-refractivity contribution is 7.99. The topological polar surface area (TPSA) is 74.2 Å². The molecule has 0 saturated heterocycles. The third-order valence-corrected chi connectivity index (χ3v) is 3.30. The number of carbonyl (C=O) groups is 1. The highest BCUT2D eigenvalue weighted by Gasteiger charge is 2.12. The fourth-order valence-electron chi connectivity index (χ4n) is 1.28. The standard InChI is InChI=1S/C12H6ClNO3S/c13-8-1-3-10(7(5-8)6-14)18-11-4-2-9(17-11)12(15)16/h1-5H,(H,15,16). The van der Waals surface area contributed by atoms with Crippen molar-refractivity contribution in [2.45, 2.75) is 9.99 Å². The van der Waals surface area contributed by atoms with Gasteiger partial charge in [0, 0.05) is 9.92 Å². The summed E-state index contributed by atoms with van der Waals surface area (Å²) in [7, 11) is 0. The van der Waals surface area contributed by atoms with Crippen molar-refractivity contribution in [2.75, 3.05) is 0 Å². The molecule has 1 N–H and O–H groups in total. The van der Waals surface area contributed by atoms with Gasteiger partial charge in [-0.15, -0.1) is 0 Å². The van der Waals surface area contributed by atoms with Gasteiger partial charge in [0.25, 0.3) is 0 Å². The summed E-state index contributed by atoms with van der Waals surface area (Å²) in [6.07, 6.45) is 0. The minimum absolute atomic E-state index is 0.134. The van der Waals surface area contributed by atoms with E-state index in [4.69, 9.17) is 26.4 Å². The van der Waals surface area contributed by atoms with Crippen LogP contribution < -0.4 is 0 Å². The van der Waals surface area contributed by atoms with E-state index in [1.165, 1.54) is 17.8 Å². The van der Waals surface area contributed by atoms with Crippen LogP contribution in [-0.2, 0) is 0 Å². The van der Waals surface area contributed by atoms with Gasteiger partial charge in [0.15, 0.2) is 5.09 Å². The molecule has 0 aliphatic heterocycles. The van der Waals surface area contributed by atoms with Gasteiger partial charge < -0.3 is 9.52 Å². The zero-order valence-corrected chi connectivity index (χ0v) is 10.5. The van der Waals surface area contributed by atoms with Gasteiger partial charge in [-0.3, -0.25) is 0 Å². The molecule has 2 aromatic rings. The average Bonchev–Trinajstić information content (AvgIpc) is 2.80. The van der Waals surface area contributed by atoms with Gasteiger partial charge in [-0.05, 0) is 30.3 Å². The second-order valence-corrected chi connectivity index (χ2v) is 4.76. The first-order valence-electron chi connectivity index (χ1n) is 4.81. The zero-order chi connectivity index (χ0) is 13.1. The van der Waals surface area contributed by atoms with Crippen LogP contribution in [0.1, 0.15) is 16.1 Å². The number of hydrogen-bond donors (Lipinski definition) is 1. The fourth-order valence-corrected chi connectivity index (χ4v) is 2.28. The lowest BCUT2D eigenvalue weighted by molar-refractivity contribution is 0.0656. The van der Waals surface area contributed by atoms with Crippen LogP contribution >= 0.6 is 23.4 Å². The van der Waals surface area contributed by atoms with Crippen LogP contribution in [-0.4, -0.2) is 11.1 Å². The number of nitriles is 1. The summed E-state index contributed by atoms with van der Waals surface area (Å²) in [5, 5.41) is 18.6. The van der Waals surface area contributed by atoms with Crippen molar-refractivity contribution in [1.29, 1.82) is 5.26 Å². The van der Waals surface area contributed by atoms with E-state index in [9.17, 15) is 4.79 Å². The molecule has 0 radical (unpaired) electrons. The smallest absolute Gasteiger partial charge is 0.371 e. The Labute approximate surface area is 112 Å². The third kappa shape index (κ3) is 2.67. The second kappa shape index (κ2) is 5.17. The molecule has 0 spiro atoms. The van der Waals surface area contributed by atoms with Gasteiger partial charge in [0.1, 0.15) is 6.07 Å². The summed E-state index contributed by atoms with van der Waals surface area (Å²) in [6, 6.07) is 9.83. The maximum absolute atomic E-state index is 10.7. The first-order valence-corrected chi connectivity index (χ1v) is 6.00. The summed E-state index contributed by atoms with van der Waals surface area (Å²) in [6.45, 7) is 0. The summed E-state index contributed by atoms with van der Waals surface area (Å²) in [4.78, 5) is 11.3. The normalized spacial score (nSPS) is 10.0. The van der Waals surface area contributed by atoms with Crippen LogP contribution in [0.2, 0.25) is 5.02 Å². The fraction of sp³-hybridized carbons (Fsp3) is 0. The first-order chi connectivity index (χ1) is 8.60. The van der Waals surface area contributed by atoms with E-state index in [1.54, 1.807) is 24.3 Å². The maximum atomic E-state index is 10.7. The van der Waals surface area contributed by atoms with E-state index >= 15 is 0 Å². The van der Waals surface area contributed by atoms with Gasteiger partial charge in [-0.1, -0.05) is 23.4 Å². The molecule has 18 heavy (non-hydrogen) atoms. The number of halogens is 1. The van der Waals surface area contributed by atoms with Crippen molar-refractivity contribution < 1.29 is 14.3 Å². The Bertz CT molecular complexity index is 645. The lowest BCUT2D eigenvalue weighted by atomic mass is 10.2. The van der Waals surface area contributed by atoms with Gasteiger partial charge in [-0.2, -0.15) is 5.26 Å². The molecule has 1 heterocycles. The molecule has 90 valence electrons. The molecule has 0 atom stereocenters. The van der Waals surface area contributed by atoms with Gasteiger partial charge in [-0.25, -0.2) is 4.79 Å². The molecular formula is C12H6ClNO3S. The predicted molar refractivity (Wildman–Crippen MR) is 66.0 cm³/mol. The Hall–Kier alpha value is -1.90. The van der Waals surface area contributed by atoms with Crippen molar-refractivity contribution in [3.05, 3.63) is 46.7 Å². The van der Waals surface area contributed by atoms with Crippen molar-refractivity contribution in [2.24, 2.45) is 0 Å². The van der Waals surface area contributed by atoms with Crippen molar-refractivity contribution in [3.8, 4) is 6.07 Å². The number of carboxylic acid groups (broad SMARTS) is 1. The Balaban J connectivity index is 2.28. The molecule has 0 aliphatic rings. The molecule has 0 amide bonds. The van der Waals surface area contributed by atoms with Crippen molar-refractivity contribution >= 4 is 29.3 Å². The van der Waals surface area contributed by atoms with E-state index in [2.05, 4.69) is 0 Å². The van der Waals surface area contributed by atoms with E-state index < -0.39 is 5.97 Å². The lowest BCUT2D eigenvalue weighted by Crippen LogP contribution is -1.91. The number of carboxylic acids is 1. The quantitative estimate of drug-likeness (QED) is 0.928. The summed E-state index contributed by atoms with van der Waals surface area (Å²) in [5.74, 6) is -1.26. The molecule has 1 aromatic carbocycles. The molecule has 0 saturated carbocycles. The summed E-state index contributed by atoms with van der Waals surface area (Å²) >= 11 is 6.96. The van der Waals surface area contributed by atoms with Crippen molar-refractivity contribution in [3.63, 3.8) is 0 Å². The SMILES string of the molecule is N#Cc1cc(Cl)ccc1Sc1ccc(C(=O)O)o1. The van der Waals surface area contributed by atoms with Crippen LogP contribution in [0.3, 0.4) is 0 Å². The minimum Gasteiger partial charge on any atom is -0.475 e. The number of rotatable bonds is 3. The Morgan fingerprint density at radius 2 is 2.17 bits per heavy atom. The number of furan rings is 1. The summed E-state index contributed by atoms with van der Waals surface area (Å²) < 4.78 is 5.10. The van der Waals surface area contributed by atoms with E-state index in [0.29, 0.717) is 20.6 Å². The predicted octanol–water partition coefficient (Wildman–Crippen LogP) is 3.65. The average molecular weight is 280 g/mol. The number of nitrogens with zero attached hydrogens (tertiary/aromatic N) is 1. The molecule has 4 nitrogen and oxygen atoms in total. The van der Waals surface area contributed by atoms with Crippen LogP contribution in [0.25, 0.3) is 0 Å². The molecule has 6 heteroatoms. The van der Waals surface area contributed by atoms with E-state index in [1.807, 2.05) is 6.07 Å².